The van der Waals surface area contributed by atoms with Crippen molar-refractivity contribution in [3.63, 3.8) is 0 Å². The largest absolute Gasteiger partial charge is 0.322 e. The summed E-state index contributed by atoms with van der Waals surface area (Å²) < 4.78 is 2.66. The molecule has 0 atom stereocenters. The van der Waals surface area contributed by atoms with Crippen molar-refractivity contribution in [3.8, 4) is 5.69 Å². The molecule has 0 aliphatic carbocycles. The first-order chi connectivity index (χ1) is 14.5. The second-order valence-electron chi connectivity index (χ2n) is 7.11. The van der Waals surface area contributed by atoms with Crippen molar-refractivity contribution in [1.29, 1.82) is 0 Å². The number of amides is 1. The average Bonchev–Trinajstić information content (AvgIpc) is 3.21. The SMILES string of the molecule is Cl.O=C(Nc1ccc(Br)cc1)c1cnn(-c2ccc([N+](=O)[O-])cc2)c1C1CCNCC1. The van der Waals surface area contributed by atoms with Gasteiger partial charge in [-0.25, -0.2) is 4.68 Å². The van der Waals surface area contributed by atoms with E-state index in [-0.39, 0.29) is 29.9 Å². The van der Waals surface area contributed by atoms with Crippen molar-refractivity contribution < 1.29 is 9.72 Å². The van der Waals surface area contributed by atoms with Crippen LogP contribution < -0.4 is 10.6 Å². The topological polar surface area (TPSA) is 102 Å². The minimum Gasteiger partial charge on any atom is -0.322 e. The molecule has 10 heteroatoms. The van der Waals surface area contributed by atoms with Crippen molar-refractivity contribution in [2.45, 2.75) is 18.8 Å². The van der Waals surface area contributed by atoms with Crippen LogP contribution >= 0.6 is 28.3 Å². The highest BCUT2D eigenvalue weighted by Gasteiger charge is 2.27. The minimum absolute atomic E-state index is 0. The maximum atomic E-state index is 13.1. The predicted molar refractivity (Wildman–Crippen MR) is 124 cm³/mol. The van der Waals surface area contributed by atoms with Gasteiger partial charge in [0.15, 0.2) is 0 Å². The quantitative estimate of drug-likeness (QED) is 0.386. The molecule has 2 heterocycles. The van der Waals surface area contributed by atoms with E-state index in [0.717, 1.165) is 36.1 Å². The highest BCUT2D eigenvalue weighted by Crippen LogP contribution is 2.31. The van der Waals surface area contributed by atoms with E-state index >= 15 is 0 Å². The number of rotatable bonds is 5. The molecule has 0 unspecified atom stereocenters. The van der Waals surface area contributed by atoms with Crippen LogP contribution in [0.3, 0.4) is 0 Å². The number of nitrogens with one attached hydrogen (secondary N) is 2. The molecule has 4 rings (SSSR count). The molecule has 1 amide bonds. The smallest absolute Gasteiger partial charge is 0.269 e. The zero-order valence-corrected chi connectivity index (χ0v) is 18.9. The Kier molecular flexibility index (Phi) is 7.42. The Balaban J connectivity index is 0.00000272. The fourth-order valence-corrected chi connectivity index (χ4v) is 3.94. The van der Waals surface area contributed by atoms with Crippen molar-refractivity contribution in [3.05, 3.63) is 80.6 Å². The van der Waals surface area contributed by atoms with E-state index in [2.05, 4.69) is 31.7 Å². The van der Waals surface area contributed by atoms with E-state index in [9.17, 15) is 14.9 Å². The number of carbonyl (C=O) groups excluding carboxylic acids is 1. The molecule has 31 heavy (non-hydrogen) atoms. The lowest BCUT2D eigenvalue weighted by molar-refractivity contribution is -0.384. The standard InChI is InChI=1S/C21H20BrN5O3.ClH/c22-15-1-3-16(4-2-15)25-21(28)19-13-24-26(20(19)14-9-11-23-12-10-14)17-5-7-18(8-6-17)27(29)30;/h1-8,13-14,23H,9-12H2,(H,25,28);1H. The molecule has 0 bridgehead atoms. The number of piperidine rings is 1. The third-order valence-electron chi connectivity index (χ3n) is 5.18. The summed E-state index contributed by atoms with van der Waals surface area (Å²) in [4.78, 5) is 23.6. The number of benzene rings is 2. The zero-order valence-electron chi connectivity index (χ0n) is 16.5. The second-order valence-corrected chi connectivity index (χ2v) is 8.03. The molecule has 0 radical (unpaired) electrons. The minimum atomic E-state index is -0.433. The Morgan fingerprint density at radius 2 is 1.77 bits per heavy atom. The summed E-state index contributed by atoms with van der Waals surface area (Å²) in [5, 5.41) is 21.7. The molecule has 1 fully saturated rings. The van der Waals surface area contributed by atoms with Crippen molar-refractivity contribution in [2.24, 2.45) is 0 Å². The lowest BCUT2D eigenvalue weighted by Crippen LogP contribution is -2.29. The number of halogens is 2. The first-order valence-corrected chi connectivity index (χ1v) is 10.4. The Labute approximate surface area is 193 Å². The summed E-state index contributed by atoms with van der Waals surface area (Å²) in [6.45, 7) is 1.73. The number of carbonyl (C=O) groups is 1. The first-order valence-electron chi connectivity index (χ1n) is 9.63. The van der Waals surface area contributed by atoms with Gasteiger partial charge in [-0.05, 0) is 62.3 Å². The third kappa shape index (κ3) is 5.12. The van der Waals surface area contributed by atoms with Crippen molar-refractivity contribution >= 4 is 45.6 Å². The molecule has 0 saturated carbocycles. The molecule has 3 aromatic rings. The molecule has 1 aromatic heterocycles. The fraction of sp³-hybridized carbons (Fsp3) is 0.238. The van der Waals surface area contributed by atoms with Crippen LogP contribution in [0.2, 0.25) is 0 Å². The van der Waals surface area contributed by atoms with E-state index in [0.29, 0.717) is 16.9 Å². The Bertz CT molecular complexity index is 1060. The molecular formula is C21H21BrClN5O3. The molecule has 162 valence electrons. The van der Waals surface area contributed by atoms with Gasteiger partial charge in [-0.15, -0.1) is 12.4 Å². The molecule has 1 saturated heterocycles. The molecular weight excluding hydrogens is 486 g/mol. The summed E-state index contributed by atoms with van der Waals surface area (Å²) in [5.41, 5.74) is 2.75. The van der Waals surface area contributed by atoms with Gasteiger partial charge in [0, 0.05) is 28.2 Å². The number of nitro groups is 1. The van der Waals surface area contributed by atoms with Crippen LogP contribution in [0.25, 0.3) is 5.69 Å². The maximum absolute atomic E-state index is 13.1. The fourth-order valence-electron chi connectivity index (χ4n) is 3.67. The summed E-state index contributed by atoms with van der Waals surface area (Å²) in [6, 6.07) is 13.6. The van der Waals surface area contributed by atoms with Gasteiger partial charge in [-0.3, -0.25) is 14.9 Å². The van der Waals surface area contributed by atoms with E-state index in [1.54, 1.807) is 23.0 Å². The summed E-state index contributed by atoms with van der Waals surface area (Å²) >= 11 is 3.39. The van der Waals surface area contributed by atoms with Gasteiger partial charge in [0.1, 0.15) is 0 Å². The molecule has 8 nitrogen and oxygen atoms in total. The predicted octanol–water partition coefficient (Wildman–Crippen LogP) is 4.68. The molecule has 1 aliphatic heterocycles. The summed E-state index contributed by atoms with van der Waals surface area (Å²) in [5.74, 6) is -0.0615. The van der Waals surface area contributed by atoms with Crippen LogP contribution in [0.1, 0.15) is 34.8 Å². The van der Waals surface area contributed by atoms with Crippen LogP contribution in [-0.4, -0.2) is 33.7 Å². The molecule has 1 aliphatic rings. The average molecular weight is 507 g/mol. The lowest BCUT2D eigenvalue weighted by atomic mass is 9.91. The molecule has 2 aromatic carbocycles. The van der Waals surface area contributed by atoms with Gasteiger partial charge in [0.2, 0.25) is 0 Å². The van der Waals surface area contributed by atoms with E-state index < -0.39 is 4.92 Å². The van der Waals surface area contributed by atoms with Crippen LogP contribution in [0, 0.1) is 10.1 Å². The van der Waals surface area contributed by atoms with Crippen molar-refractivity contribution in [1.82, 2.24) is 15.1 Å². The van der Waals surface area contributed by atoms with Gasteiger partial charge < -0.3 is 10.6 Å². The van der Waals surface area contributed by atoms with Crippen LogP contribution in [0.4, 0.5) is 11.4 Å². The molecule has 0 spiro atoms. The highest BCUT2D eigenvalue weighted by atomic mass is 79.9. The van der Waals surface area contributed by atoms with Gasteiger partial charge in [-0.1, -0.05) is 15.9 Å². The van der Waals surface area contributed by atoms with Gasteiger partial charge >= 0.3 is 0 Å². The lowest BCUT2D eigenvalue weighted by Gasteiger charge is -2.24. The van der Waals surface area contributed by atoms with Gasteiger partial charge in [0.05, 0.1) is 28.1 Å². The highest BCUT2D eigenvalue weighted by molar-refractivity contribution is 9.10. The monoisotopic (exact) mass is 505 g/mol. The number of nitrogens with zero attached hydrogens (tertiary/aromatic N) is 3. The Morgan fingerprint density at radius 3 is 2.39 bits per heavy atom. The second kappa shape index (κ2) is 10.0. The van der Waals surface area contributed by atoms with Crippen LogP contribution in [-0.2, 0) is 0 Å². The van der Waals surface area contributed by atoms with E-state index in [4.69, 9.17) is 0 Å². The van der Waals surface area contributed by atoms with Crippen LogP contribution in [0.5, 0.6) is 0 Å². The number of hydrogen-bond acceptors (Lipinski definition) is 5. The van der Waals surface area contributed by atoms with E-state index in [1.807, 2.05) is 24.3 Å². The van der Waals surface area contributed by atoms with Gasteiger partial charge in [0.25, 0.3) is 11.6 Å². The number of hydrogen-bond donors (Lipinski definition) is 2. The number of non-ortho nitro benzene ring substituents is 1. The summed E-state index contributed by atoms with van der Waals surface area (Å²) in [7, 11) is 0. The molecule has 2 N–H and O–H groups in total. The number of aromatic nitrogens is 2. The number of nitro benzene ring substituents is 1. The summed E-state index contributed by atoms with van der Waals surface area (Å²) in [6.07, 6.45) is 3.35. The van der Waals surface area contributed by atoms with Crippen molar-refractivity contribution in [2.75, 3.05) is 18.4 Å². The maximum Gasteiger partial charge on any atom is 0.269 e. The first kappa shape index (κ1) is 22.9. The Hall–Kier alpha value is -2.75. The number of anilines is 1. The Morgan fingerprint density at radius 1 is 1.13 bits per heavy atom. The van der Waals surface area contributed by atoms with Crippen LogP contribution in [0.15, 0.2) is 59.2 Å². The zero-order chi connectivity index (χ0) is 21.1. The third-order valence-corrected chi connectivity index (χ3v) is 5.71. The van der Waals surface area contributed by atoms with E-state index in [1.165, 1.54) is 12.1 Å². The van der Waals surface area contributed by atoms with Gasteiger partial charge in [-0.2, -0.15) is 5.10 Å². The normalized spacial score (nSPS) is 14.0.